The molecule has 2 rings (SSSR count). The number of rotatable bonds is 5. The zero-order chi connectivity index (χ0) is 13.8. The molecule has 2 aromatic rings. The van der Waals surface area contributed by atoms with Crippen molar-refractivity contribution in [3.8, 4) is 0 Å². The molecule has 0 atom stereocenters. The molecule has 0 bridgehead atoms. The average molecular weight is 262 g/mol. The summed E-state index contributed by atoms with van der Waals surface area (Å²) in [7, 11) is 0. The molecule has 0 aliphatic heterocycles. The van der Waals surface area contributed by atoms with Crippen LogP contribution < -0.4 is 0 Å². The van der Waals surface area contributed by atoms with Crippen LogP contribution in [0.1, 0.15) is 35.1 Å². The first-order valence-electron chi connectivity index (χ1n) is 6.13. The lowest BCUT2D eigenvalue weighted by atomic mass is 10.1. The molecule has 5 heteroatoms. The number of aromatic carboxylic acids is 1. The van der Waals surface area contributed by atoms with E-state index in [4.69, 9.17) is 5.11 Å². The van der Waals surface area contributed by atoms with Crippen molar-refractivity contribution in [2.24, 2.45) is 0 Å². The molecule has 0 unspecified atom stereocenters. The van der Waals surface area contributed by atoms with E-state index in [1.165, 1.54) is 12.1 Å². The monoisotopic (exact) mass is 262 g/mol. The van der Waals surface area contributed by atoms with E-state index >= 15 is 0 Å². The van der Waals surface area contributed by atoms with Gasteiger partial charge in [0.05, 0.1) is 5.56 Å². The van der Waals surface area contributed by atoms with Crippen LogP contribution in [0.3, 0.4) is 0 Å². The van der Waals surface area contributed by atoms with Gasteiger partial charge in [0.25, 0.3) is 0 Å². The molecule has 0 amide bonds. The van der Waals surface area contributed by atoms with Crippen molar-refractivity contribution in [3.63, 3.8) is 0 Å². The van der Waals surface area contributed by atoms with Crippen molar-refractivity contribution >= 4 is 5.97 Å². The zero-order valence-corrected chi connectivity index (χ0v) is 10.6. The smallest absolute Gasteiger partial charge is 0.335 e. The Balaban J connectivity index is 2.27. The summed E-state index contributed by atoms with van der Waals surface area (Å²) in [4.78, 5) is 15.1. The molecule has 0 aliphatic rings. The molecule has 1 aromatic heterocycles. The van der Waals surface area contributed by atoms with Crippen LogP contribution >= 0.6 is 0 Å². The third-order valence-electron chi connectivity index (χ3n) is 2.83. The largest absolute Gasteiger partial charge is 0.478 e. The summed E-state index contributed by atoms with van der Waals surface area (Å²) >= 11 is 0. The number of carboxylic acid groups (broad SMARTS) is 1. The molecule has 0 spiro atoms. The summed E-state index contributed by atoms with van der Waals surface area (Å²) in [6.45, 7) is 2.91. The number of aromatic nitrogens is 2. The maximum Gasteiger partial charge on any atom is 0.335 e. The maximum atomic E-state index is 13.4. The fourth-order valence-electron chi connectivity index (χ4n) is 2.01. The average Bonchev–Trinajstić information content (AvgIpc) is 2.76. The van der Waals surface area contributed by atoms with Crippen LogP contribution in [0.2, 0.25) is 0 Å². The summed E-state index contributed by atoms with van der Waals surface area (Å²) < 4.78 is 15.4. The predicted molar refractivity (Wildman–Crippen MR) is 68.7 cm³/mol. The molecule has 4 nitrogen and oxygen atoms in total. The fourth-order valence-corrected chi connectivity index (χ4v) is 2.01. The van der Waals surface area contributed by atoms with Crippen molar-refractivity contribution in [1.29, 1.82) is 0 Å². The second kappa shape index (κ2) is 5.65. The van der Waals surface area contributed by atoms with Gasteiger partial charge in [-0.1, -0.05) is 6.92 Å². The van der Waals surface area contributed by atoms with Gasteiger partial charge < -0.3 is 9.67 Å². The van der Waals surface area contributed by atoms with Crippen molar-refractivity contribution < 1.29 is 14.3 Å². The van der Waals surface area contributed by atoms with Crippen LogP contribution in [-0.2, 0) is 13.0 Å². The van der Waals surface area contributed by atoms with Crippen LogP contribution in [0.4, 0.5) is 4.39 Å². The minimum Gasteiger partial charge on any atom is -0.478 e. The van der Waals surface area contributed by atoms with Gasteiger partial charge in [0.1, 0.15) is 11.6 Å². The van der Waals surface area contributed by atoms with Gasteiger partial charge in [-0.05, 0) is 30.2 Å². The number of nitrogens with zero attached hydrogens (tertiary/aromatic N) is 2. The fraction of sp³-hybridized carbons (Fsp3) is 0.286. The summed E-state index contributed by atoms with van der Waals surface area (Å²) in [6.07, 6.45) is 4.97. The van der Waals surface area contributed by atoms with Gasteiger partial charge in [-0.2, -0.15) is 0 Å². The number of carboxylic acids is 1. The maximum absolute atomic E-state index is 13.4. The lowest BCUT2D eigenvalue weighted by Gasteiger charge is -2.07. The van der Waals surface area contributed by atoms with E-state index < -0.39 is 11.8 Å². The van der Waals surface area contributed by atoms with E-state index in [2.05, 4.69) is 11.9 Å². The lowest BCUT2D eigenvalue weighted by molar-refractivity contribution is 0.0696. The highest BCUT2D eigenvalue weighted by Crippen LogP contribution is 2.13. The first-order valence-corrected chi connectivity index (χ1v) is 6.13. The van der Waals surface area contributed by atoms with Gasteiger partial charge in [0.15, 0.2) is 0 Å². The molecule has 19 heavy (non-hydrogen) atoms. The first kappa shape index (κ1) is 13.3. The van der Waals surface area contributed by atoms with E-state index in [1.54, 1.807) is 6.20 Å². The second-order valence-electron chi connectivity index (χ2n) is 4.37. The summed E-state index contributed by atoms with van der Waals surface area (Å²) in [5.41, 5.74) is 0.574. The Hall–Kier alpha value is -2.17. The van der Waals surface area contributed by atoms with Gasteiger partial charge in [-0.15, -0.1) is 0 Å². The molecule has 0 saturated heterocycles. The van der Waals surface area contributed by atoms with Gasteiger partial charge in [0, 0.05) is 25.4 Å². The third kappa shape index (κ3) is 3.19. The Bertz CT molecular complexity index is 593. The van der Waals surface area contributed by atoms with Crippen LogP contribution in [0.25, 0.3) is 0 Å². The molecule has 1 aromatic carbocycles. The minimum atomic E-state index is -1.13. The van der Waals surface area contributed by atoms with E-state index in [0.717, 1.165) is 24.9 Å². The van der Waals surface area contributed by atoms with Crippen LogP contribution in [0, 0.1) is 5.82 Å². The number of aryl methyl sites for hydroxylation is 1. The summed E-state index contributed by atoms with van der Waals surface area (Å²) in [5, 5.41) is 8.91. The summed E-state index contributed by atoms with van der Waals surface area (Å²) in [6, 6.07) is 3.85. The Morgan fingerprint density at radius 1 is 1.42 bits per heavy atom. The van der Waals surface area contributed by atoms with E-state index in [0.29, 0.717) is 12.0 Å². The van der Waals surface area contributed by atoms with Crippen LogP contribution in [0.5, 0.6) is 0 Å². The Morgan fingerprint density at radius 2 is 2.21 bits per heavy atom. The van der Waals surface area contributed by atoms with Crippen molar-refractivity contribution in [3.05, 3.63) is 53.4 Å². The molecular weight excluding hydrogens is 247 g/mol. The highest BCUT2D eigenvalue weighted by Gasteiger charge is 2.09. The van der Waals surface area contributed by atoms with Gasteiger partial charge >= 0.3 is 5.97 Å². The minimum absolute atomic E-state index is 0.0383. The standard InChI is InChI=1S/C14H15FN2O2/c1-2-4-17-5-3-16-13(17)8-10-6-11(14(18)19)9-12(15)7-10/h3,5-7,9H,2,4,8H2,1H3,(H,18,19). The second-order valence-corrected chi connectivity index (χ2v) is 4.37. The first-order chi connectivity index (χ1) is 9.10. The van der Waals surface area contributed by atoms with E-state index in [9.17, 15) is 9.18 Å². The van der Waals surface area contributed by atoms with E-state index in [1.807, 2.05) is 10.8 Å². The van der Waals surface area contributed by atoms with Crippen molar-refractivity contribution in [1.82, 2.24) is 9.55 Å². The molecule has 0 aliphatic carbocycles. The molecule has 1 heterocycles. The van der Waals surface area contributed by atoms with Crippen LogP contribution in [-0.4, -0.2) is 20.6 Å². The SMILES string of the molecule is CCCn1ccnc1Cc1cc(F)cc(C(=O)O)c1. The Morgan fingerprint density at radius 3 is 2.89 bits per heavy atom. The zero-order valence-electron chi connectivity index (χ0n) is 10.6. The predicted octanol–water partition coefficient (Wildman–Crippen LogP) is 2.72. The highest BCUT2D eigenvalue weighted by molar-refractivity contribution is 5.87. The molecule has 100 valence electrons. The number of carbonyl (C=O) groups is 1. The number of hydrogen-bond donors (Lipinski definition) is 1. The van der Waals surface area contributed by atoms with Gasteiger partial charge in [0.2, 0.25) is 0 Å². The third-order valence-corrected chi connectivity index (χ3v) is 2.83. The Kier molecular flexibility index (Phi) is 3.94. The van der Waals surface area contributed by atoms with Crippen molar-refractivity contribution in [2.45, 2.75) is 26.3 Å². The van der Waals surface area contributed by atoms with E-state index in [-0.39, 0.29) is 5.56 Å². The molecule has 0 radical (unpaired) electrons. The van der Waals surface area contributed by atoms with Gasteiger partial charge in [-0.3, -0.25) is 0 Å². The topological polar surface area (TPSA) is 55.1 Å². The van der Waals surface area contributed by atoms with Crippen molar-refractivity contribution in [2.75, 3.05) is 0 Å². The number of hydrogen-bond acceptors (Lipinski definition) is 2. The molecule has 1 N–H and O–H groups in total. The molecule has 0 saturated carbocycles. The molecule has 0 fully saturated rings. The normalized spacial score (nSPS) is 10.6. The van der Waals surface area contributed by atoms with Crippen LogP contribution in [0.15, 0.2) is 30.6 Å². The molecular formula is C14H15FN2O2. The number of imidazole rings is 1. The van der Waals surface area contributed by atoms with Gasteiger partial charge in [-0.25, -0.2) is 14.2 Å². The number of benzene rings is 1. The summed E-state index contributed by atoms with van der Waals surface area (Å²) in [5.74, 6) is -0.857. The number of halogens is 1. The quantitative estimate of drug-likeness (QED) is 0.901. The lowest BCUT2D eigenvalue weighted by Crippen LogP contribution is -2.05. The Labute approximate surface area is 110 Å². The highest BCUT2D eigenvalue weighted by atomic mass is 19.1.